The second-order valence-corrected chi connectivity index (χ2v) is 19.5. The Morgan fingerprint density at radius 2 is 0.653 bits per heavy atom. The van der Waals surface area contributed by atoms with Crippen LogP contribution in [0.2, 0.25) is 0 Å². The van der Waals surface area contributed by atoms with E-state index in [1.807, 2.05) is 0 Å². The topological polar surface area (TPSA) is 200 Å². The van der Waals surface area contributed by atoms with Gasteiger partial charge in [-0.15, -0.1) is 0 Å². The number of sulfonamides is 4. The minimum Gasteiger partial charge on any atom is -0.453 e. The van der Waals surface area contributed by atoms with Crippen LogP contribution in [-0.2, 0) is 59.0 Å². The van der Waals surface area contributed by atoms with Crippen LogP contribution in [0.5, 0.6) is 0 Å². The Morgan fingerprint density at radius 3 is 0.939 bits per heavy atom. The smallest absolute Gasteiger partial charge is 0.247 e. The van der Waals surface area contributed by atoms with Crippen LogP contribution in [0.1, 0.15) is 0 Å². The summed E-state index contributed by atoms with van der Waals surface area (Å²) in [5, 5.41) is -0.151. The van der Waals surface area contributed by atoms with Crippen LogP contribution in [0, 0.1) is 0 Å². The molecule has 0 bridgehead atoms. The maximum absolute atomic E-state index is 14.2. The lowest BCUT2D eigenvalue weighted by Crippen LogP contribution is -2.41. The highest BCUT2D eigenvalue weighted by molar-refractivity contribution is 7.90. The van der Waals surface area contributed by atoms with Gasteiger partial charge in [0.15, 0.2) is 11.2 Å². The highest BCUT2D eigenvalue weighted by Gasteiger charge is 2.38. The van der Waals surface area contributed by atoms with Gasteiger partial charge in [-0.3, -0.25) is 0 Å². The van der Waals surface area contributed by atoms with E-state index in [-0.39, 0.29) is 137 Å². The third kappa shape index (κ3) is 6.31. The molecule has 17 nitrogen and oxygen atoms in total. The van der Waals surface area contributed by atoms with Gasteiger partial charge in [0.2, 0.25) is 40.1 Å². The van der Waals surface area contributed by atoms with E-state index in [1.54, 1.807) is 0 Å². The monoisotopic (exact) mass is 764 g/mol. The number of hydrogen-bond acceptors (Lipinski definition) is 13. The van der Waals surface area contributed by atoms with Crippen LogP contribution >= 0.6 is 0 Å². The summed E-state index contributed by atoms with van der Waals surface area (Å²) >= 11 is 0. The molecule has 49 heavy (non-hydrogen) atoms. The van der Waals surface area contributed by atoms with Crippen molar-refractivity contribution in [3.63, 3.8) is 0 Å². The molecule has 0 radical (unpaired) electrons. The number of furan rings is 1. The number of hydrogen-bond donors (Lipinski definition) is 0. The van der Waals surface area contributed by atoms with E-state index in [1.165, 1.54) is 20.7 Å². The summed E-state index contributed by atoms with van der Waals surface area (Å²) in [5.41, 5.74) is -0.608. The van der Waals surface area contributed by atoms with Crippen molar-refractivity contribution in [1.82, 2.24) is 17.2 Å². The Balaban J connectivity index is 1.53. The molecule has 3 aromatic rings. The van der Waals surface area contributed by atoms with Crippen molar-refractivity contribution in [3.05, 3.63) is 24.3 Å². The molecule has 0 atom stereocenters. The van der Waals surface area contributed by atoms with Gasteiger partial charge in [-0.05, 0) is 24.3 Å². The van der Waals surface area contributed by atoms with Crippen LogP contribution in [0.25, 0.3) is 21.9 Å². The molecule has 270 valence electrons. The fourth-order valence-corrected chi connectivity index (χ4v) is 12.5. The minimum atomic E-state index is -4.44. The highest BCUT2D eigenvalue weighted by Crippen LogP contribution is 2.42. The van der Waals surface area contributed by atoms with Gasteiger partial charge in [-0.2, -0.15) is 17.2 Å². The summed E-state index contributed by atoms with van der Waals surface area (Å²) in [6.07, 6.45) is 0. The minimum absolute atomic E-state index is 0.0108. The van der Waals surface area contributed by atoms with Crippen molar-refractivity contribution >= 4 is 62.0 Å². The van der Waals surface area contributed by atoms with E-state index >= 15 is 0 Å². The lowest BCUT2D eigenvalue weighted by atomic mass is 10.1. The Hall–Kier alpha value is -2.28. The Morgan fingerprint density at radius 1 is 0.388 bits per heavy atom. The molecule has 0 amide bonds. The SMILES string of the molecule is O=S(=O)(c1cc(S(=O)(=O)N2CCOCC2)c2oc3c(S(=O)(=O)N4CCOCC4)cc(S(=O)(=O)N4CCOCC4)cc3c2c1)N1CCOCC1. The van der Waals surface area contributed by atoms with E-state index in [4.69, 9.17) is 23.4 Å². The molecule has 0 spiro atoms. The van der Waals surface area contributed by atoms with Gasteiger partial charge < -0.3 is 23.4 Å². The third-order valence-corrected chi connectivity index (χ3v) is 16.5. The van der Waals surface area contributed by atoms with E-state index in [2.05, 4.69) is 0 Å². The Labute approximate surface area is 284 Å². The van der Waals surface area contributed by atoms with Crippen molar-refractivity contribution < 1.29 is 57.0 Å². The van der Waals surface area contributed by atoms with Gasteiger partial charge >= 0.3 is 0 Å². The first kappa shape index (κ1) is 35.1. The van der Waals surface area contributed by atoms with Crippen LogP contribution in [-0.4, -0.2) is 156 Å². The van der Waals surface area contributed by atoms with Gasteiger partial charge in [-0.25, -0.2) is 33.7 Å². The predicted molar refractivity (Wildman–Crippen MR) is 172 cm³/mol. The molecule has 4 saturated heterocycles. The molecule has 7 rings (SSSR count). The van der Waals surface area contributed by atoms with Crippen molar-refractivity contribution in [2.45, 2.75) is 19.6 Å². The van der Waals surface area contributed by atoms with Crippen LogP contribution in [0.4, 0.5) is 0 Å². The molecule has 4 fully saturated rings. The molecule has 4 aliphatic rings. The second kappa shape index (κ2) is 13.4. The highest BCUT2D eigenvalue weighted by atomic mass is 32.2. The van der Waals surface area contributed by atoms with E-state index in [9.17, 15) is 33.7 Å². The third-order valence-electron chi connectivity index (χ3n) is 8.94. The summed E-state index contributed by atoms with van der Waals surface area (Å²) in [6.45, 7) is 1.07. The van der Waals surface area contributed by atoms with Crippen molar-refractivity contribution in [2.75, 3.05) is 105 Å². The number of rotatable bonds is 8. The average molecular weight is 765 g/mol. The lowest BCUT2D eigenvalue weighted by Gasteiger charge is -2.27. The van der Waals surface area contributed by atoms with E-state index in [0.29, 0.717) is 0 Å². The van der Waals surface area contributed by atoms with Crippen molar-refractivity contribution in [3.8, 4) is 0 Å². The Bertz CT molecular complexity index is 2030. The zero-order valence-corrected chi connectivity index (χ0v) is 29.6. The van der Waals surface area contributed by atoms with Crippen LogP contribution < -0.4 is 0 Å². The van der Waals surface area contributed by atoms with Gasteiger partial charge in [0.25, 0.3) is 0 Å². The zero-order chi connectivity index (χ0) is 34.6. The summed E-state index contributed by atoms with van der Waals surface area (Å²) in [5.74, 6) is 0. The first-order valence-corrected chi connectivity index (χ1v) is 21.4. The number of morpholine rings is 4. The summed E-state index contributed by atoms with van der Waals surface area (Å²) in [4.78, 5) is -1.75. The first-order valence-electron chi connectivity index (χ1n) is 15.7. The van der Waals surface area contributed by atoms with Gasteiger partial charge in [0.1, 0.15) is 9.79 Å². The Kier molecular flexibility index (Phi) is 9.58. The fourth-order valence-electron chi connectivity index (χ4n) is 6.27. The lowest BCUT2D eigenvalue weighted by molar-refractivity contribution is 0.0729. The molecule has 2 aromatic carbocycles. The summed E-state index contributed by atoms with van der Waals surface area (Å²) < 4.78 is 145. The molecular weight excluding hydrogens is 729 g/mol. The molecule has 0 N–H and O–H groups in total. The molecule has 5 heterocycles. The maximum atomic E-state index is 14.2. The first-order chi connectivity index (χ1) is 23.3. The molecule has 1 aromatic heterocycles. The molecule has 21 heteroatoms. The quantitative estimate of drug-likeness (QED) is 0.289. The molecule has 0 unspecified atom stereocenters. The number of ether oxygens (including phenoxy) is 4. The van der Waals surface area contributed by atoms with Gasteiger partial charge in [-0.1, -0.05) is 0 Å². The van der Waals surface area contributed by atoms with Crippen molar-refractivity contribution in [1.29, 1.82) is 0 Å². The summed E-state index contributed by atoms with van der Waals surface area (Å²) in [7, 11) is -17.5. The predicted octanol–water partition coefficient (Wildman–Crippen LogP) is -0.330. The van der Waals surface area contributed by atoms with E-state index in [0.717, 1.165) is 20.7 Å². The normalized spacial score (nSPS) is 22.2. The summed E-state index contributed by atoms with van der Waals surface area (Å²) in [6, 6.07) is 4.45. The maximum Gasteiger partial charge on any atom is 0.247 e. The molecule has 0 saturated carbocycles. The number of fused-ring (bicyclic) bond motifs is 3. The van der Waals surface area contributed by atoms with Crippen molar-refractivity contribution in [2.24, 2.45) is 0 Å². The zero-order valence-electron chi connectivity index (χ0n) is 26.4. The van der Waals surface area contributed by atoms with E-state index < -0.39 is 49.9 Å². The average Bonchev–Trinajstić information content (AvgIpc) is 3.50. The fraction of sp³-hybridized carbons (Fsp3) is 0.571. The standard InChI is InChI=1S/C28H36N4O13S4/c33-46(34,29-1-9-41-10-2-29)21-17-23-24-18-22(47(35,36)30-3-11-42-12-4-30)20-26(49(39,40)32-7-15-44-16-8-32)28(24)45-27(23)25(19-21)48(37,38)31-5-13-43-14-6-31/h17-20H,1-16H2. The van der Waals surface area contributed by atoms with Crippen LogP contribution in [0.15, 0.2) is 48.3 Å². The molecule has 0 aliphatic carbocycles. The molecule has 4 aliphatic heterocycles. The van der Waals surface area contributed by atoms with Gasteiger partial charge in [0, 0.05) is 63.1 Å². The number of benzene rings is 2. The molecular formula is C28H36N4O13S4. The largest absolute Gasteiger partial charge is 0.453 e. The van der Waals surface area contributed by atoms with Gasteiger partial charge in [0.05, 0.1) is 62.6 Å². The van der Waals surface area contributed by atoms with Crippen LogP contribution in [0.3, 0.4) is 0 Å². The second-order valence-electron chi connectivity index (χ2n) is 11.8. The number of nitrogens with zero attached hydrogens (tertiary/aromatic N) is 4.